The number of nitrogens with zero attached hydrogens (tertiary/aromatic N) is 1. The number of hydrogen-bond donors (Lipinski definition) is 4. The van der Waals surface area contributed by atoms with Crippen molar-refractivity contribution in [3.8, 4) is 0 Å². The highest BCUT2D eigenvalue weighted by atomic mass is 16.4. The quantitative estimate of drug-likeness (QED) is 0.674. The molecule has 23 heavy (non-hydrogen) atoms. The number of H-pyrrole nitrogens is 1. The zero-order valence-corrected chi connectivity index (χ0v) is 12.5. The van der Waals surface area contributed by atoms with Crippen molar-refractivity contribution in [1.82, 2.24) is 9.97 Å². The van der Waals surface area contributed by atoms with E-state index >= 15 is 0 Å². The topological polar surface area (TPSA) is 121 Å². The molecule has 1 aliphatic heterocycles. The number of aromatic carboxylic acids is 1. The summed E-state index contributed by atoms with van der Waals surface area (Å²) in [6, 6.07) is 6.90. The highest BCUT2D eigenvalue weighted by Crippen LogP contribution is 2.23. The fourth-order valence-corrected chi connectivity index (χ4v) is 2.84. The van der Waals surface area contributed by atoms with Crippen molar-refractivity contribution in [3.63, 3.8) is 0 Å². The van der Waals surface area contributed by atoms with Crippen molar-refractivity contribution in [1.29, 1.82) is 0 Å². The molecule has 3 rings (SSSR count). The van der Waals surface area contributed by atoms with Crippen molar-refractivity contribution in [2.45, 2.75) is 19.3 Å². The zero-order chi connectivity index (χ0) is 16.4. The van der Waals surface area contributed by atoms with Crippen molar-refractivity contribution in [2.24, 2.45) is 5.92 Å². The van der Waals surface area contributed by atoms with Crippen molar-refractivity contribution in [3.05, 3.63) is 51.3 Å². The first kappa shape index (κ1) is 15.1. The van der Waals surface area contributed by atoms with Crippen LogP contribution in [0.5, 0.6) is 0 Å². The van der Waals surface area contributed by atoms with Crippen LogP contribution in [0.1, 0.15) is 27.9 Å². The number of carboxylic acids is 1. The Balaban J connectivity index is 1.64. The predicted octanol–water partition coefficient (Wildman–Crippen LogP) is 1.27. The summed E-state index contributed by atoms with van der Waals surface area (Å²) in [5.74, 6) is 0.107. The maximum Gasteiger partial charge on any atom is 0.335 e. The molecular weight excluding hydrogens is 296 g/mol. The van der Waals surface area contributed by atoms with Gasteiger partial charge in [0.1, 0.15) is 5.82 Å². The molecule has 1 aromatic heterocycles. The third kappa shape index (κ3) is 3.33. The van der Waals surface area contributed by atoms with E-state index in [-0.39, 0.29) is 17.1 Å². The van der Waals surface area contributed by atoms with Crippen molar-refractivity contribution in [2.75, 3.05) is 17.6 Å². The van der Waals surface area contributed by atoms with E-state index in [4.69, 9.17) is 10.8 Å². The Morgan fingerprint density at radius 1 is 1.35 bits per heavy atom. The van der Waals surface area contributed by atoms with Crippen LogP contribution in [0.15, 0.2) is 29.1 Å². The lowest BCUT2D eigenvalue weighted by atomic mass is 9.91. The SMILES string of the molecule is Nc1nc2c(c(=O)[nH]1)C[C@@H](CCc1ccc(C(=O)O)cc1)CN2. The fourth-order valence-electron chi connectivity index (χ4n) is 2.84. The lowest BCUT2D eigenvalue weighted by molar-refractivity contribution is 0.0697. The summed E-state index contributed by atoms with van der Waals surface area (Å²) in [4.78, 5) is 29.4. The summed E-state index contributed by atoms with van der Waals surface area (Å²) in [5.41, 5.74) is 7.38. The van der Waals surface area contributed by atoms with E-state index in [1.807, 2.05) is 12.1 Å². The van der Waals surface area contributed by atoms with Gasteiger partial charge in [0, 0.05) is 6.54 Å². The third-order valence-corrected chi connectivity index (χ3v) is 4.13. The van der Waals surface area contributed by atoms with Gasteiger partial charge < -0.3 is 16.2 Å². The Morgan fingerprint density at radius 3 is 2.78 bits per heavy atom. The Morgan fingerprint density at radius 2 is 2.09 bits per heavy atom. The number of nitrogen functional groups attached to an aromatic ring is 1. The average molecular weight is 314 g/mol. The number of fused-ring (bicyclic) bond motifs is 1. The van der Waals surface area contributed by atoms with Gasteiger partial charge in [-0.3, -0.25) is 9.78 Å². The summed E-state index contributed by atoms with van der Waals surface area (Å²) in [6.45, 7) is 0.746. The predicted molar refractivity (Wildman–Crippen MR) is 86.7 cm³/mol. The van der Waals surface area contributed by atoms with Crippen LogP contribution in [0.4, 0.5) is 11.8 Å². The molecule has 0 radical (unpaired) electrons. The number of hydrogen-bond acceptors (Lipinski definition) is 5. The van der Waals surface area contributed by atoms with E-state index in [0.717, 1.165) is 24.9 Å². The van der Waals surface area contributed by atoms with Crippen molar-refractivity contribution < 1.29 is 9.90 Å². The Labute approximate surface area is 132 Å². The molecule has 7 nitrogen and oxygen atoms in total. The third-order valence-electron chi connectivity index (χ3n) is 4.13. The van der Waals surface area contributed by atoms with Gasteiger partial charge in [0.05, 0.1) is 11.1 Å². The molecule has 0 amide bonds. The molecule has 0 saturated heterocycles. The standard InChI is InChI=1S/C16H18N4O3/c17-16-19-13-12(14(21)20-16)7-10(8-18-13)2-1-9-3-5-11(6-4-9)15(22)23/h3-6,10H,1-2,7-8H2,(H,22,23)(H4,17,18,19,20,21)/t10-/m1/s1. The minimum absolute atomic E-state index is 0.123. The summed E-state index contributed by atoms with van der Waals surface area (Å²) in [6.07, 6.45) is 2.41. The Bertz CT molecular complexity index is 783. The fraction of sp³-hybridized carbons (Fsp3) is 0.312. The molecule has 0 bridgehead atoms. The number of anilines is 2. The molecule has 1 aromatic carbocycles. The van der Waals surface area contributed by atoms with Gasteiger partial charge in [0.2, 0.25) is 5.95 Å². The summed E-state index contributed by atoms with van der Waals surface area (Å²) >= 11 is 0. The number of nitrogens with one attached hydrogen (secondary N) is 2. The van der Waals surface area contributed by atoms with E-state index in [9.17, 15) is 9.59 Å². The van der Waals surface area contributed by atoms with E-state index in [0.29, 0.717) is 23.7 Å². The number of aryl methyl sites for hydroxylation is 1. The van der Waals surface area contributed by atoms with Gasteiger partial charge in [-0.25, -0.2) is 4.79 Å². The normalized spacial score (nSPS) is 16.4. The zero-order valence-electron chi connectivity index (χ0n) is 12.5. The van der Waals surface area contributed by atoms with Gasteiger partial charge in [0.15, 0.2) is 0 Å². The lowest BCUT2D eigenvalue weighted by Crippen LogP contribution is -2.30. The second kappa shape index (κ2) is 6.12. The number of rotatable bonds is 4. The minimum Gasteiger partial charge on any atom is -0.478 e. The van der Waals surface area contributed by atoms with Crippen LogP contribution in [0.3, 0.4) is 0 Å². The summed E-state index contributed by atoms with van der Waals surface area (Å²) in [7, 11) is 0. The minimum atomic E-state index is -0.921. The van der Waals surface area contributed by atoms with Gasteiger partial charge >= 0.3 is 5.97 Å². The molecule has 1 atom stereocenters. The molecular formula is C16H18N4O3. The van der Waals surface area contributed by atoms with E-state index < -0.39 is 5.97 Å². The molecule has 0 saturated carbocycles. The molecule has 0 aliphatic carbocycles. The van der Waals surface area contributed by atoms with Crippen LogP contribution in [0.25, 0.3) is 0 Å². The van der Waals surface area contributed by atoms with Crippen LogP contribution < -0.4 is 16.6 Å². The van der Waals surface area contributed by atoms with Gasteiger partial charge in [-0.2, -0.15) is 4.98 Å². The molecule has 1 aliphatic rings. The first-order valence-electron chi connectivity index (χ1n) is 7.47. The number of carboxylic acid groups (broad SMARTS) is 1. The van der Waals surface area contributed by atoms with E-state index in [1.54, 1.807) is 12.1 Å². The number of nitrogens with two attached hydrogens (primary N) is 1. The number of carbonyl (C=O) groups is 1. The van der Waals surface area contributed by atoms with Gasteiger partial charge in [0.25, 0.3) is 5.56 Å². The largest absolute Gasteiger partial charge is 0.478 e. The maximum absolute atomic E-state index is 11.9. The molecule has 120 valence electrons. The van der Waals surface area contributed by atoms with Crippen molar-refractivity contribution >= 4 is 17.7 Å². The summed E-state index contributed by atoms with van der Waals surface area (Å²) in [5, 5.41) is 12.1. The highest BCUT2D eigenvalue weighted by Gasteiger charge is 2.22. The molecule has 2 heterocycles. The second-order valence-electron chi connectivity index (χ2n) is 5.77. The number of aromatic amines is 1. The monoisotopic (exact) mass is 314 g/mol. The van der Waals surface area contributed by atoms with Crippen LogP contribution in [-0.2, 0) is 12.8 Å². The smallest absolute Gasteiger partial charge is 0.335 e. The summed E-state index contributed by atoms with van der Waals surface area (Å²) < 4.78 is 0. The van der Waals surface area contributed by atoms with Crippen LogP contribution in [0.2, 0.25) is 0 Å². The Kier molecular flexibility index (Phi) is 4.01. The Hall–Kier alpha value is -2.83. The van der Waals surface area contributed by atoms with Gasteiger partial charge in [-0.05, 0) is 42.9 Å². The average Bonchev–Trinajstić information content (AvgIpc) is 2.53. The van der Waals surface area contributed by atoms with Gasteiger partial charge in [-0.15, -0.1) is 0 Å². The first-order valence-corrected chi connectivity index (χ1v) is 7.47. The molecule has 0 spiro atoms. The molecule has 7 heteroatoms. The molecule has 2 aromatic rings. The van der Waals surface area contributed by atoms with Crippen LogP contribution in [0, 0.1) is 5.92 Å². The van der Waals surface area contributed by atoms with E-state index in [2.05, 4.69) is 15.3 Å². The number of benzene rings is 1. The second-order valence-corrected chi connectivity index (χ2v) is 5.77. The van der Waals surface area contributed by atoms with Crippen LogP contribution >= 0.6 is 0 Å². The number of aromatic nitrogens is 2. The molecule has 0 unspecified atom stereocenters. The van der Waals surface area contributed by atoms with Gasteiger partial charge in [-0.1, -0.05) is 12.1 Å². The highest BCUT2D eigenvalue weighted by molar-refractivity contribution is 5.87. The first-order chi connectivity index (χ1) is 11.0. The molecule has 0 fully saturated rings. The molecule has 5 N–H and O–H groups in total. The lowest BCUT2D eigenvalue weighted by Gasteiger charge is -2.24. The maximum atomic E-state index is 11.9. The van der Waals surface area contributed by atoms with Crippen LogP contribution in [-0.4, -0.2) is 27.6 Å². The van der Waals surface area contributed by atoms with E-state index in [1.165, 1.54) is 0 Å².